The van der Waals surface area contributed by atoms with Crippen molar-refractivity contribution in [2.45, 2.75) is 33.2 Å². The van der Waals surface area contributed by atoms with Gasteiger partial charge < -0.3 is 5.11 Å². The highest BCUT2D eigenvalue weighted by Crippen LogP contribution is 2.03. The number of hydrogen-bond acceptors (Lipinski definition) is 2. The smallest absolute Gasteiger partial charge is 0.303 e. The summed E-state index contributed by atoms with van der Waals surface area (Å²) in [5.41, 5.74) is 0.855. The summed E-state index contributed by atoms with van der Waals surface area (Å²) in [6, 6.07) is 1.88. The maximum atomic E-state index is 10.3. The molecule has 0 aliphatic heterocycles. The van der Waals surface area contributed by atoms with E-state index in [0.717, 1.165) is 12.2 Å². The van der Waals surface area contributed by atoms with Gasteiger partial charge in [-0.25, -0.2) is 0 Å². The van der Waals surface area contributed by atoms with Gasteiger partial charge in [0.15, 0.2) is 0 Å². The van der Waals surface area contributed by atoms with E-state index in [4.69, 9.17) is 5.11 Å². The van der Waals surface area contributed by atoms with Crippen molar-refractivity contribution in [3.05, 3.63) is 18.0 Å². The molecule has 0 atom stereocenters. The van der Waals surface area contributed by atoms with Crippen molar-refractivity contribution in [3.8, 4) is 0 Å². The van der Waals surface area contributed by atoms with Crippen LogP contribution < -0.4 is 0 Å². The van der Waals surface area contributed by atoms with E-state index in [-0.39, 0.29) is 6.42 Å². The Kier molecular flexibility index (Phi) is 3.68. The van der Waals surface area contributed by atoms with Crippen LogP contribution in [-0.4, -0.2) is 20.9 Å². The van der Waals surface area contributed by atoms with Crippen LogP contribution in [-0.2, 0) is 17.8 Å². The van der Waals surface area contributed by atoms with E-state index in [1.54, 1.807) is 0 Å². The number of nitrogens with zero attached hydrogens (tertiary/aromatic N) is 2. The molecule has 4 nitrogen and oxygen atoms in total. The van der Waals surface area contributed by atoms with Gasteiger partial charge >= 0.3 is 5.97 Å². The average Bonchev–Trinajstić information content (AvgIpc) is 2.47. The summed E-state index contributed by atoms with van der Waals surface area (Å²) < 4.78 is 1.86. The Morgan fingerprint density at radius 2 is 2.36 bits per heavy atom. The number of aromatic nitrogens is 2. The van der Waals surface area contributed by atoms with Gasteiger partial charge in [0.1, 0.15) is 0 Å². The standard InChI is InChI=1S/C10H16N2O2/c1-8(2)7-12-6-5-9(11-12)3-4-10(13)14/h5-6,8H,3-4,7H2,1-2H3,(H,13,14). The molecule has 1 N–H and O–H groups in total. The lowest BCUT2D eigenvalue weighted by Gasteiger charge is -2.03. The molecule has 0 unspecified atom stereocenters. The van der Waals surface area contributed by atoms with Crippen molar-refractivity contribution in [1.82, 2.24) is 9.78 Å². The van der Waals surface area contributed by atoms with E-state index in [9.17, 15) is 4.79 Å². The fourth-order valence-corrected chi connectivity index (χ4v) is 1.25. The number of aliphatic carboxylic acids is 1. The first-order valence-corrected chi connectivity index (χ1v) is 4.82. The van der Waals surface area contributed by atoms with E-state index in [1.165, 1.54) is 0 Å². The average molecular weight is 196 g/mol. The molecule has 1 aromatic rings. The second-order valence-electron chi connectivity index (χ2n) is 3.82. The second-order valence-corrected chi connectivity index (χ2v) is 3.82. The Labute approximate surface area is 83.5 Å². The minimum atomic E-state index is -0.775. The molecule has 0 aliphatic rings. The van der Waals surface area contributed by atoms with Crippen molar-refractivity contribution >= 4 is 5.97 Å². The Morgan fingerprint density at radius 3 is 2.93 bits per heavy atom. The summed E-state index contributed by atoms with van der Waals surface area (Å²) in [5, 5.41) is 12.8. The maximum absolute atomic E-state index is 10.3. The molecule has 78 valence electrons. The third-order valence-corrected chi connectivity index (χ3v) is 1.84. The molecule has 1 aromatic heterocycles. The maximum Gasteiger partial charge on any atom is 0.303 e. The normalized spacial score (nSPS) is 10.8. The molecular formula is C10H16N2O2. The van der Waals surface area contributed by atoms with Crippen LogP contribution in [0.25, 0.3) is 0 Å². The number of aryl methyl sites for hydroxylation is 1. The van der Waals surface area contributed by atoms with E-state index < -0.39 is 5.97 Å². The minimum absolute atomic E-state index is 0.151. The van der Waals surface area contributed by atoms with Crippen LogP contribution in [0.3, 0.4) is 0 Å². The highest BCUT2D eigenvalue weighted by atomic mass is 16.4. The lowest BCUT2D eigenvalue weighted by molar-refractivity contribution is -0.136. The van der Waals surface area contributed by atoms with Gasteiger partial charge in [-0.2, -0.15) is 5.10 Å². The predicted molar refractivity (Wildman–Crippen MR) is 53.0 cm³/mol. The molecule has 0 saturated carbocycles. The molecule has 0 aliphatic carbocycles. The molecule has 1 heterocycles. The zero-order valence-electron chi connectivity index (χ0n) is 8.60. The number of carboxylic acid groups (broad SMARTS) is 1. The molecule has 0 aromatic carbocycles. The summed E-state index contributed by atoms with van der Waals surface area (Å²) >= 11 is 0. The van der Waals surface area contributed by atoms with Crippen molar-refractivity contribution in [2.24, 2.45) is 5.92 Å². The third kappa shape index (κ3) is 3.60. The number of hydrogen-bond donors (Lipinski definition) is 1. The van der Waals surface area contributed by atoms with Crippen molar-refractivity contribution in [3.63, 3.8) is 0 Å². The third-order valence-electron chi connectivity index (χ3n) is 1.84. The zero-order valence-corrected chi connectivity index (χ0v) is 8.60. The number of carboxylic acids is 1. The van der Waals surface area contributed by atoms with Gasteiger partial charge in [0.2, 0.25) is 0 Å². The van der Waals surface area contributed by atoms with Gasteiger partial charge in [-0.05, 0) is 12.0 Å². The van der Waals surface area contributed by atoms with E-state index in [2.05, 4.69) is 18.9 Å². The van der Waals surface area contributed by atoms with Gasteiger partial charge in [-0.3, -0.25) is 9.48 Å². The van der Waals surface area contributed by atoms with Crippen LogP contribution >= 0.6 is 0 Å². The van der Waals surface area contributed by atoms with Crippen LogP contribution in [0.2, 0.25) is 0 Å². The molecule has 0 radical (unpaired) electrons. The highest BCUT2D eigenvalue weighted by Gasteiger charge is 2.03. The van der Waals surface area contributed by atoms with Crippen molar-refractivity contribution in [2.75, 3.05) is 0 Å². The Morgan fingerprint density at radius 1 is 1.64 bits per heavy atom. The Bertz CT molecular complexity index is 305. The highest BCUT2D eigenvalue weighted by molar-refractivity contribution is 5.66. The topological polar surface area (TPSA) is 55.1 Å². The molecule has 0 fully saturated rings. The number of rotatable bonds is 5. The van der Waals surface area contributed by atoms with E-state index in [0.29, 0.717) is 12.3 Å². The SMILES string of the molecule is CC(C)Cn1ccc(CCC(=O)O)n1. The van der Waals surface area contributed by atoms with Crippen LogP contribution in [0.4, 0.5) is 0 Å². The summed E-state index contributed by atoms with van der Waals surface area (Å²) in [5.74, 6) is -0.217. The summed E-state index contributed by atoms with van der Waals surface area (Å²) in [7, 11) is 0. The minimum Gasteiger partial charge on any atom is -0.481 e. The van der Waals surface area contributed by atoms with Gasteiger partial charge in [0, 0.05) is 19.2 Å². The molecule has 4 heteroatoms. The van der Waals surface area contributed by atoms with Crippen molar-refractivity contribution in [1.29, 1.82) is 0 Å². The quantitative estimate of drug-likeness (QED) is 0.777. The fraction of sp³-hybridized carbons (Fsp3) is 0.600. The van der Waals surface area contributed by atoms with Crippen LogP contribution in [0.15, 0.2) is 12.3 Å². The van der Waals surface area contributed by atoms with Crippen LogP contribution in [0, 0.1) is 5.92 Å². The van der Waals surface area contributed by atoms with Crippen molar-refractivity contribution < 1.29 is 9.90 Å². The Balaban J connectivity index is 2.46. The predicted octanol–water partition coefficient (Wildman–Crippen LogP) is 1.56. The molecule has 0 saturated heterocycles. The summed E-state index contributed by atoms with van der Waals surface area (Å²) in [6.07, 6.45) is 2.57. The van der Waals surface area contributed by atoms with Gasteiger partial charge in [-0.1, -0.05) is 13.8 Å². The molecule has 0 spiro atoms. The van der Waals surface area contributed by atoms with Gasteiger partial charge in [0.05, 0.1) is 12.1 Å². The molecular weight excluding hydrogens is 180 g/mol. The largest absolute Gasteiger partial charge is 0.481 e. The van der Waals surface area contributed by atoms with Crippen LogP contribution in [0.5, 0.6) is 0 Å². The molecule has 14 heavy (non-hydrogen) atoms. The number of carbonyl (C=O) groups is 1. The van der Waals surface area contributed by atoms with E-state index in [1.807, 2.05) is 16.9 Å². The van der Waals surface area contributed by atoms with Gasteiger partial charge in [-0.15, -0.1) is 0 Å². The first kappa shape index (κ1) is 10.8. The summed E-state index contributed by atoms with van der Waals surface area (Å²) in [6.45, 7) is 5.13. The first-order valence-electron chi connectivity index (χ1n) is 4.82. The fourth-order valence-electron chi connectivity index (χ4n) is 1.25. The first-order chi connectivity index (χ1) is 6.58. The monoisotopic (exact) mass is 196 g/mol. The lowest BCUT2D eigenvalue weighted by Crippen LogP contribution is -2.05. The molecule has 1 rings (SSSR count). The second kappa shape index (κ2) is 4.79. The molecule has 0 amide bonds. The van der Waals surface area contributed by atoms with Crippen LogP contribution in [0.1, 0.15) is 26.0 Å². The zero-order chi connectivity index (χ0) is 10.6. The summed E-state index contributed by atoms with van der Waals surface area (Å²) in [4.78, 5) is 10.3. The van der Waals surface area contributed by atoms with E-state index >= 15 is 0 Å². The Hall–Kier alpha value is -1.32. The van der Waals surface area contributed by atoms with Gasteiger partial charge in [0.25, 0.3) is 0 Å². The lowest BCUT2D eigenvalue weighted by atomic mass is 10.2. The molecule has 0 bridgehead atoms.